The number of para-hydroxylation sites is 2. The Labute approximate surface area is 142 Å². The number of rotatable bonds is 3. The zero-order valence-corrected chi connectivity index (χ0v) is 14.5. The highest BCUT2D eigenvalue weighted by molar-refractivity contribution is 5.85. The summed E-state index contributed by atoms with van der Waals surface area (Å²) in [6.45, 7) is 8.44. The molecule has 0 bridgehead atoms. The standard InChI is InChI=1S/C21H22N2O/c1-14-9-10-19(11-15(14)2)23-16(3)12-18(17(23)4)13-22-20-7-5-6-8-21(20)24/h5-13,24H,1-4H3. The summed E-state index contributed by atoms with van der Waals surface area (Å²) >= 11 is 0. The first-order chi connectivity index (χ1) is 11.5. The number of aliphatic imine (C=N–C) groups is 1. The summed E-state index contributed by atoms with van der Waals surface area (Å²) in [7, 11) is 0. The largest absolute Gasteiger partial charge is 0.506 e. The van der Waals surface area contributed by atoms with Crippen molar-refractivity contribution < 1.29 is 5.11 Å². The number of hydrogen-bond acceptors (Lipinski definition) is 2. The van der Waals surface area contributed by atoms with E-state index in [-0.39, 0.29) is 5.75 Å². The number of aromatic nitrogens is 1. The summed E-state index contributed by atoms with van der Waals surface area (Å²) in [6, 6.07) is 15.7. The molecule has 1 aromatic heterocycles. The first-order valence-electron chi connectivity index (χ1n) is 8.06. The van der Waals surface area contributed by atoms with E-state index in [1.54, 1.807) is 18.2 Å². The number of hydrogen-bond donors (Lipinski definition) is 1. The molecule has 2 aromatic carbocycles. The summed E-state index contributed by atoms with van der Waals surface area (Å²) in [4.78, 5) is 4.43. The van der Waals surface area contributed by atoms with Gasteiger partial charge in [0.05, 0.1) is 0 Å². The average molecular weight is 318 g/mol. The predicted molar refractivity (Wildman–Crippen MR) is 100 cm³/mol. The Morgan fingerprint density at radius 3 is 2.38 bits per heavy atom. The fraction of sp³-hybridized carbons (Fsp3) is 0.190. The number of phenolic OH excluding ortho intramolecular Hbond substituents is 1. The highest BCUT2D eigenvalue weighted by atomic mass is 16.3. The van der Waals surface area contributed by atoms with E-state index in [4.69, 9.17) is 0 Å². The van der Waals surface area contributed by atoms with Gasteiger partial charge in [-0.2, -0.15) is 0 Å². The summed E-state index contributed by atoms with van der Waals surface area (Å²) < 4.78 is 2.23. The van der Waals surface area contributed by atoms with Crippen LogP contribution in [-0.2, 0) is 0 Å². The van der Waals surface area contributed by atoms with Gasteiger partial charge in [0.25, 0.3) is 0 Å². The van der Waals surface area contributed by atoms with Gasteiger partial charge in [0.2, 0.25) is 0 Å². The van der Waals surface area contributed by atoms with Gasteiger partial charge in [0.1, 0.15) is 11.4 Å². The molecular formula is C21H22N2O. The van der Waals surface area contributed by atoms with E-state index in [2.05, 4.69) is 61.5 Å². The van der Waals surface area contributed by atoms with Crippen LogP contribution in [0.2, 0.25) is 0 Å². The first kappa shape index (κ1) is 16.1. The van der Waals surface area contributed by atoms with Crippen molar-refractivity contribution >= 4 is 11.9 Å². The Hall–Kier alpha value is -2.81. The molecule has 3 heteroatoms. The van der Waals surface area contributed by atoms with Gasteiger partial charge in [-0.25, -0.2) is 0 Å². The third kappa shape index (κ3) is 2.98. The zero-order valence-electron chi connectivity index (χ0n) is 14.5. The fourth-order valence-electron chi connectivity index (χ4n) is 2.89. The molecule has 0 atom stereocenters. The molecule has 0 aliphatic heterocycles. The molecule has 0 spiro atoms. The number of nitrogens with zero attached hydrogens (tertiary/aromatic N) is 2. The van der Waals surface area contributed by atoms with Crippen LogP contribution < -0.4 is 0 Å². The molecule has 3 nitrogen and oxygen atoms in total. The van der Waals surface area contributed by atoms with E-state index in [1.165, 1.54) is 11.1 Å². The maximum absolute atomic E-state index is 9.83. The van der Waals surface area contributed by atoms with Gasteiger partial charge in [-0.3, -0.25) is 4.99 Å². The van der Waals surface area contributed by atoms with E-state index in [1.807, 2.05) is 12.3 Å². The van der Waals surface area contributed by atoms with Crippen LogP contribution in [0.1, 0.15) is 28.1 Å². The lowest BCUT2D eigenvalue weighted by molar-refractivity contribution is 0.477. The molecule has 122 valence electrons. The highest BCUT2D eigenvalue weighted by Crippen LogP contribution is 2.26. The lowest BCUT2D eigenvalue weighted by atomic mass is 10.1. The Bertz CT molecular complexity index is 920. The van der Waals surface area contributed by atoms with Crippen LogP contribution in [0.25, 0.3) is 5.69 Å². The van der Waals surface area contributed by atoms with Gasteiger partial charge in [-0.05, 0) is 69.2 Å². The summed E-state index contributed by atoms with van der Waals surface area (Å²) in [5.74, 6) is 0.191. The number of aryl methyl sites for hydroxylation is 3. The van der Waals surface area contributed by atoms with Crippen molar-refractivity contribution in [2.45, 2.75) is 27.7 Å². The quantitative estimate of drug-likeness (QED) is 0.665. The van der Waals surface area contributed by atoms with Crippen molar-refractivity contribution in [3.63, 3.8) is 0 Å². The summed E-state index contributed by atoms with van der Waals surface area (Å²) in [5, 5.41) is 9.83. The second-order valence-corrected chi connectivity index (χ2v) is 6.18. The zero-order chi connectivity index (χ0) is 17.3. The number of benzene rings is 2. The van der Waals surface area contributed by atoms with Crippen molar-refractivity contribution in [2.24, 2.45) is 4.99 Å². The van der Waals surface area contributed by atoms with E-state index in [0.29, 0.717) is 5.69 Å². The van der Waals surface area contributed by atoms with Gasteiger partial charge in [-0.1, -0.05) is 18.2 Å². The molecule has 0 saturated heterocycles. The van der Waals surface area contributed by atoms with Gasteiger partial charge in [0, 0.05) is 28.9 Å². The maximum atomic E-state index is 9.83. The minimum absolute atomic E-state index is 0.191. The van der Waals surface area contributed by atoms with Crippen LogP contribution in [-0.4, -0.2) is 15.9 Å². The highest BCUT2D eigenvalue weighted by Gasteiger charge is 2.10. The normalized spacial score (nSPS) is 11.3. The second-order valence-electron chi connectivity index (χ2n) is 6.18. The molecule has 3 aromatic rings. The fourth-order valence-corrected chi connectivity index (χ4v) is 2.89. The minimum Gasteiger partial charge on any atom is -0.506 e. The molecular weight excluding hydrogens is 296 g/mol. The van der Waals surface area contributed by atoms with Gasteiger partial charge < -0.3 is 9.67 Å². The van der Waals surface area contributed by atoms with Crippen LogP contribution in [0.15, 0.2) is 53.5 Å². The molecule has 0 unspecified atom stereocenters. The molecule has 0 aliphatic carbocycles. The Balaban J connectivity index is 2.00. The van der Waals surface area contributed by atoms with Crippen LogP contribution >= 0.6 is 0 Å². The molecule has 0 saturated carbocycles. The molecule has 0 fully saturated rings. The minimum atomic E-state index is 0.191. The van der Waals surface area contributed by atoms with Crippen LogP contribution in [0, 0.1) is 27.7 Å². The second kappa shape index (κ2) is 6.36. The SMILES string of the molecule is Cc1ccc(-n2c(C)cc(C=Nc3ccccc3O)c2C)cc1C. The van der Waals surface area contributed by atoms with Crippen molar-refractivity contribution in [3.8, 4) is 11.4 Å². The smallest absolute Gasteiger partial charge is 0.141 e. The third-order valence-corrected chi connectivity index (χ3v) is 4.44. The summed E-state index contributed by atoms with van der Waals surface area (Å²) in [5.41, 5.74) is 7.66. The van der Waals surface area contributed by atoms with Crippen LogP contribution in [0.3, 0.4) is 0 Å². The predicted octanol–water partition coefficient (Wildman–Crippen LogP) is 5.17. The Morgan fingerprint density at radius 1 is 0.917 bits per heavy atom. The maximum Gasteiger partial charge on any atom is 0.141 e. The topological polar surface area (TPSA) is 37.5 Å². The van der Waals surface area contributed by atoms with Crippen molar-refractivity contribution in [1.29, 1.82) is 0 Å². The van der Waals surface area contributed by atoms with E-state index >= 15 is 0 Å². The molecule has 1 heterocycles. The molecule has 24 heavy (non-hydrogen) atoms. The van der Waals surface area contributed by atoms with E-state index in [0.717, 1.165) is 22.6 Å². The molecule has 0 radical (unpaired) electrons. The van der Waals surface area contributed by atoms with Crippen LogP contribution in [0.4, 0.5) is 5.69 Å². The van der Waals surface area contributed by atoms with Crippen molar-refractivity contribution in [1.82, 2.24) is 4.57 Å². The molecule has 0 amide bonds. The number of phenols is 1. The molecule has 1 N–H and O–H groups in total. The monoisotopic (exact) mass is 318 g/mol. The Kier molecular flexibility index (Phi) is 4.26. The summed E-state index contributed by atoms with van der Waals surface area (Å²) in [6.07, 6.45) is 1.81. The van der Waals surface area contributed by atoms with Gasteiger partial charge in [-0.15, -0.1) is 0 Å². The molecule has 0 aliphatic rings. The molecule has 3 rings (SSSR count). The van der Waals surface area contributed by atoms with Crippen LogP contribution in [0.5, 0.6) is 5.75 Å². The van der Waals surface area contributed by atoms with E-state index in [9.17, 15) is 5.11 Å². The first-order valence-corrected chi connectivity index (χ1v) is 8.06. The van der Waals surface area contributed by atoms with Gasteiger partial charge in [0.15, 0.2) is 0 Å². The average Bonchev–Trinajstić information content (AvgIpc) is 2.83. The Morgan fingerprint density at radius 2 is 1.67 bits per heavy atom. The van der Waals surface area contributed by atoms with Crippen molar-refractivity contribution in [2.75, 3.05) is 0 Å². The van der Waals surface area contributed by atoms with Gasteiger partial charge >= 0.3 is 0 Å². The van der Waals surface area contributed by atoms with Crippen molar-refractivity contribution in [3.05, 3.63) is 76.6 Å². The lowest BCUT2D eigenvalue weighted by Crippen LogP contribution is -2.00. The number of aromatic hydroxyl groups is 1. The van der Waals surface area contributed by atoms with E-state index < -0.39 is 0 Å². The lowest BCUT2D eigenvalue weighted by Gasteiger charge is -2.11. The third-order valence-electron chi connectivity index (χ3n) is 4.44.